The van der Waals surface area contributed by atoms with Crippen molar-refractivity contribution in [1.82, 2.24) is 5.32 Å². The molecule has 152 valence electrons. The van der Waals surface area contributed by atoms with Crippen molar-refractivity contribution in [1.29, 1.82) is 0 Å². The molecule has 0 bridgehead atoms. The highest BCUT2D eigenvalue weighted by molar-refractivity contribution is 7.91. The van der Waals surface area contributed by atoms with E-state index in [1.807, 2.05) is 5.38 Å². The second kappa shape index (κ2) is 9.43. The molecular formula is C21H20ClNO4S2. The molecule has 0 aliphatic rings. The molecule has 5 nitrogen and oxygen atoms in total. The molecule has 3 rings (SSSR count). The number of sulfone groups is 1. The van der Waals surface area contributed by atoms with Gasteiger partial charge in [-0.3, -0.25) is 4.79 Å². The fourth-order valence-corrected chi connectivity index (χ4v) is 5.73. The molecule has 1 aromatic heterocycles. The van der Waals surface area contributed by atoms with Gasteiger partial charge in [0.2, 0.25) is 5.91 Å². The van der Waals surface area contributed by atoms with Gasteiger partial charge in [0.25, 0.3) is 0 Å². The molecule has 0 aliphatic heterocycles. The Morgan fingerprint density at radius 3 is 2.38 bits per heavy atom. The Kier molecular flexibility index (Phi) is 6.95. The molecular weight excluding hydrogens is 430 g/mol. The third kappa shape index (κ3) is 5.38. The normalized spacial score (nSPS) is 12.3. The molecule has 0 saturated heterocycles. The van der Waals surface area contributed by atoms with Gasteiger partial charge >= 0.3 is 0 Å². The summed E-state index contributed by atoms with van der Waals surface area (Å²) < 4.78 is 31.6. The topological polar surface area (TPSA) is 72.5 Å². The van der Waals surface area contributed by atoms with Crippen LogP contribution in [0, 0.1) is 0 Å². The van der Waals surface area contributed by atoms with Gasteiger partial charge in [-0.15, -0.1) is 11.3 Å². The van der Waals surface area contributed by atoms with E-state index < -0.39 is 15.1 Å². The molecule has 3 aromatic rings. The summed E-state index contributed by atoms with van der Waals surface area (Å²) in [6.45, 7) is -0.0126. The maximum atomic E-state index is 13.2. The summed E-state index contributed by atoms with van der Waals surface area (Å²) >= 11 is 7.21. The van der Waals surface area contributed by atoms with Crippen molar-refractivity contribution in [2.75, 3.05) is 13.7 Å². The Labute approximate surface area is 179 Å². The Bertz CT molecular complexity index is 1050. The summed E-state index contributed by atoms with van der Waals surface area (Å²) in [5.74, 6) is 0.326. The summed E-state index contributed by atoms with van der Waals surface area (Å²) in [6.07, 6.45) is 0.150. The zero-order chi connectivity index (χ0) is 20.9. The van der Waals surface area contributed by atoms with E-state index in [1.165, 1.54) is 30.6 Å². The lowest BCUT2D eigenvalue weighted by Gasteiger charge is -2.18. The van der Waals surface area contributed by atoms with Gasteiger partial charge in [-0.2, -0.15) is 0 Å². The number of hydrogen-bond donors (Lipinski definition) is 1. The molecule has 1 atom stereocenters. The lowest BCUT2D eigenvalue weighted by atomic mass is 10.1. The van der Waals surface area contributed by atoms with Crippen molar-refractivity contribution in [3.63, 3.8) is 0 Å². The van der Waals surface area contributed by atoms with E-state index in [9.17, 15) is 13.2 Å². The summed E-state index contributed by atoms with van der Waals surface area (Å²) in [7, 11) is -2.18. The number of amides is 1. The van der Waals surface area contributed by atoms with Crippen LogP contribution in [0.5, 0.6) is 5.75 Å². The van der Waals surface area contributed by atoms with E-state index in [0.717, 1.165) is 5.56 Å². The number of benzene rings is 2. The summed E-state index contributed by atoms with van der Waals surface area (Å²) in [6, 6.07) is 16.8. The number of hydrogen-bond acceptors (Lipinski definition) is 5. The van der Waals surface area contributed by atoms with Gasteiger partial charge in [0.15, 0.2) is 9.84 Å². The van der Waals surface area contributed by atoms with Crippen LogP contribution in [0.15, 0.2) is 70.9 Å². The van der Waals surface area contributed by atoms with E-state index in [1.54, 1.807) is 48.5 Å². The van der Waals surface area contributed by atoms with Crippen molar-refractivity contribution in [2.24, 2.45) is 0 Å². The van der Waals surface area contributed by atoms with Crippen molar-refractivity contribution in [3.8, 4) is 5.75 Å². The smallest absolute Gasteiger partial charge is 0.224 e. The van der Waals surface area contributed by atoms with E-state index in [4.69, 9.17) is 16.3 Å². The van der Waals surface area contributed by atoms with Crippen molar-refractivity contribution in [3.05, 3.63) is 81.5 Å². The van der Waals surface area contributed by atoms with Gasteiger partial charge < -0.3 is 10.1 Å². The average molecular weight is 450 g/mol. The van der Waals surface area contributed by atoms with Crippen LogP contribution in [0.25, 0.3) is 0 Å². The van der Waals surface area contributed by atoms with Crippen molar-refractivity contribution < 1.29 is 17.9 Å². The van der Waals surface area contributed by atoms with Crippen molar-refractivity contribution in [2.45, 2.75) is 16.6 Å². The number of rotatable bonds is 8. The first-order chi connectivity index (χ1) is 13.9. The van der Waals surface area contributed by atoms with Gasteiger partial charge in [-0.05, 0) is 53.4 Å². The highest BCUT2D eigenvalue weighted by Crippen LogP contribution is 2.32. The van der Waals surface area contributed by atoms with Gasteiger partial charge in [0, 0.05) is 16.4 Å². The predicted octanol–water partition coefficient (Wildman–Crippen LogP) is 4.28. The fraction of sp³-hybridized carbons (Fsp3) is 0.190. The van der Waals surface area contributed by atoms with Crippen LogP contribution in [0.3, 0.4) is 0 Å². The Hall–Kier alpha value is -2.35. The Morgan fingerprint density at radius 1 is 1.10 bits per heavy atom. The fourth-order valence-electron chi connectivity index (χ4n) is 2.82. The quantitative estimate of drug-likeness (QED) is 0.557. The number of carbonyl (C=O) groups is 1. The molecule has 0 spiro atoms. The second-order valence-corrected chi connectivity index (χ2v) is 9.88. The minimum atomic E-state index is -3.70. The third-order valence-corrected chi connectivity index (χ3v) is 7.87. The SMILES string of the molecule is COc1ccc(S(=O)(=O)C(CNC(=O)Cc2ccc(Cl)cc2)c2cccs2)cc1. The van der Waals surface area contributed by atoms with Crippen LogP contribution >= 0.6 is 22.9 Å². The molecule has 0 radical (unpaired) electrons. The first kappa shape index (κ1) is 21.4. The number of methoxy groups -OCH3 is 1. The third-order valence-electron chi connectivity index (χ3n) is 4.39. The molecule has 0 aliphatic carbocycles. The summed E-state index contributed by atoms with van der Waals surface area (Å²) in [5, 5.41) is 4.31. The molecule has 1 amide bonds. The second-order valence-electron chi connectivity index (χ2n) is 6.33. The molecule has 2 aromatic carbocycles. The largest absolute Gasteiger partial charge is 0.497 e. The molecule has 29 heavy (non-hydrogen) atoms. The summed E-state index contributed by atoms with van der Waals surface area (Å²) in [4.78, 5) is 13.2. The van der Waals surface area contributed by atoms with Crippen LogP contribution in [-0.4, -0.2) is 28.0 Å². The number of thiophene rings is 1. The van der Waals surface area contributed by atoms with E-state index >= 15 is 0 Å². The minimum Gasteiger partial charge on any atom is -0.497 e. The van der Waals surface area contributed by atoms with Gasteiger partial charge in [-0.25, -0.2) is 8.42 Å². The zero-order valence-electron chi connectivity index (χ0n) is 15.7. The number of nitrogens with one attached hydrogen (secondary N) is 1. The standard InChI is InChI=1S/C21H20ClNO4S2/c1-27-17-8-10-18(11-9-17)29(25,26)20(19-3-2-12-28-19)14-23-21(24)13-15-4-6-16(22)7-5-15/h2-12,20H,13-14H2,1H3,(H,23,24). The van der Waals surface area contributed by atoms with Crippen LogP contribution in [0.4, 0.5) is 0 Å². The molecule has 0 fully saturated rings. The monoisotopic (exact) mass is 449 g/mol. The van der Waals surface area contributed by atoms with E-state index in [0.29, 0.717) is 15.6 Å². The lowest BCUT2D eigenvalue weighted by molar-refractivity contribution is -0.120. The highest BCUT2D eigenvalue weighted by atomic mass is 35.5. The minimum absolute atomic E-state index is 0.0126. The molecule has 1 unspecified atom stereocenters. The number of carbonyl (C=O) groups excluding carboxylic acids is 1. The van der Waals surface area contributed by atoms with Gasteiger partial charge in [0.05, 0.1) is 18.4 Å². The van der Waals surface area contributed by atoms with Crippen LogP contribution in [0.1, 0.15) is 15.7 Å². The maximum Gasteiger partial charge on any atom is 0.224 e. The molecule has 1 heterocycles. The van der Waals surface area contributed by atoms with Crippen LogP contribution in [0.2, 0.25) is 5.02 Å². The molecule has 0 saturated carbocycles. The van der Waals surface area contributed by atoms with Gasteiger partial charge in [-0.1, -0.05) is 29.8 Å². The van der Waals surface area contributed by atoms with Crippen LogP contribution in [-0.2, 0) is 21.1 Å². The van der Waals surface area contributed by atoms with E-state index in [2.05, 4.69) is 5.32 Å². The molecule has 8 heteroatoms. The molecule has 1 N–H and O–H groups in total. The Morgan fingerprint density at radius 2 is 1.79 bits per heavy atom. The predicted molar refractivity (Wildman–Crippen MR) is 115 cm³/mol. The van der Waals surface area contributed by atoms with Crippen molar-refractivity contribution >= 4 is 38.7 Å². The first-order valence-corrected chi connectivity index (χ1v) is 11.6. The first-order valence-electron chi connectivity index (χ1n) is 8.82. The van der Waals surface area contributed by atoms with Crippen LogP contribution < -0.4 is 10.1 Å². The Balaban J connectivity index is 1.76. The number of halogens is 1. The maximum absolute atomic E-state index is 13.2. The highest BCUT2D eigenvalue weighted by Gasteiger charge is 2.30. The number of ether oxygens (including phenoxy) is 1. The average Bonchev–Trinajstić information content (AvgIpc) is 3.24. The summed E-state index contributed by atoms with van der Waals surface area (Å²) in [5.41, 5.74) is 0.803. The van der Waals surface area contributed by atoms with E-state index in [-0.39, 0.29) is 23.8 Å². The zero-order valence-corrected chi connectivity index (χ0v) is 18.1. The lowest BCUT2D eigenvalue weighted by Crippen LogP contribution is -2.32. The van der Waals surface area contributed by atoms with Gasteiger partial charge in [0.1, 0.15) is 11.0 Å².